The molecule has 38 heteroatoms. The molecule has 0 radical (unpaired) electrons. The van der Waals surface area contributed by atoms with Crippen molar-refractivity contribution in [2.24, 2.45) is 0 Å². The Bertz CT molecular complexity index is 2380. The van der Waals surface area contributed by atoms with Crippen LogP contribution in [0.2, 0.25) is 0 Å². The summed E-state index contributed by atoms with van der Waals surface area (Å²) in [5.41, 5.74) is 0. The molecule has 88 heavy (non-hydrogen) atoms. The van der Waals surface area contributed by atoms with Crippen LogP contribution in [0.3, 0.4) is 0 Å². The first kappa shape index (κ1) is 71.0. The number of rotatable bonds is 26. The van der Waals surface area contributed by atoms with Crippen molar-refractivity contribution in [3.63, 3.8) is 0 Å². The number of carboxylic acids is 1. The summed E-state index contributed by atoms with van der Waals surface area (Å²) in [6, 6.07) is -7.16. The Morgan fingerprint density at radius 1 is 0.523 bits per heavy atom. The number of amides is 7. The molecule has 0 aliphatic carbocycles. The minimum Gasteiger partial charge on any atom is -0.480 e. The number of nitrogens with one attached hydrogen (secondary N) is 7. The quantitative estimate of drug-likeness (QED) is 0.0282. The molecule has 7 rings (SSSR count). The standard InChI is InChI=1S/C50H81N7O30S/c1-15(63)51-29-36(72)40(23(12-61)79-44(29)56-27(67)8-18(45(76)77)54-26(66)7-5-4-6-25-28-19(14-88-25)55-50(78)57-28)84-47-31(53-17(3)65)37(73)41(24(13-62)83-47)85-48-39(75)42(34(70)22(11-60)81-48)86-49-43(38(74)33(69)21(10-59)82-49)87-46-30(52-16(2)64)35(71)32(68)20(9-58)80-46/h18-25,28-44,46-49,58-62,68-75H,4-14H2,1-3H3,(H,51,63)(H,52,64)(H,53,65)(H,54,66)(H,56,67)(H,76,77)(H2,55,57,78)/t18?,19?,20?,21?,22?,23?,24?,25?,28?,29?,30-,31?,32+,33+,34+,35?,36-,37-,38?,39?,40+,41+,42+,43?,44-,46+,47+,48+,49+/m1/s1. The first-order valence-corrected chi connectivity index (χ1v) is 29.5. The van der Waals surface area contributed by atoms with E-state index in [0.29, 0.717) is 19.3 Å². The van der Waals surface area contributed by atoms with Gasteiger partial charge in [0.05, 0.1) is 51.5 Å². The lowest BCUT2D eigenvalue weighted by molar-refractivity contribution is -0.391. The van der Waals surface area contributed by atoms with Gasteiger partial charge in [-0.05, 0) is 12.8 Å². The number of carbonyl (C=O) groups excluding carboxylic acids is 6. The number of carbonyl (C=O) groups is 7. The molecule has 7 aliphatic rings. The van der Waals surface area contributed by atoms with E-state index in [1.54, 1.807) is 11.8 Å². The van der Waals surface area contributed by atoms with Crippen molar-refractivity contribution in [1.29, 1.82) is 0 Å². The average molecular weight is 1290 g/mol. The molecule has 0 spiro atoms. The van der Waals surface area contributed by atoms with Gasteiger partial charge in [-0.1, -0.05) is 6.42 Å². The van der Waals surface area contributed by atoms with Gasteiger partial charge in [0.2, 0.25) is 29.5 Å². The van der Waals surface area contributed by atoms with Crippen LogP contribution in [0.5, 0.6) is 0 Å². The van der Waals surface area contributed by atoms with Gasteiger partial charge in [-0.3, -0.25) is 24.0 Å². The number of urea groups is 1. The van der Waals surface area contributed by atoms with E-state index in [4.69, 9.17) is 42.6 Å². The Labute approximate surface area is 505 Å². The summed E-state index contributed by atoms with van der Waals surface area (Å²) in [6.07, 6.45) is -41.7. The predicted molar refractivity (Wildman–Crippen MR) is 285 cm³/mol. The summed E-state index contributed by atoms with van der Waals surface area (Å²) < 4.78 is 52.9. The average Bonchev–Trinajstić information content (AvgIpc) is 3.13. The second-order valence-electron chi connectivity index (χ2n) is 22.3. The summed E-state index contributed by atoms with van der Waals surface area (Å²) in [5, 5.41) is 170. The van der Waals surface area contributed by atoms with Crippen molar-refractivity contribution in [3.8, 4) is 0 Å². The maximum absolute atomic E-state index is 13.5. The zero-order chi connectivity index (χ0) is 64.6. The van der Waals surface area contributed by atoms with Gasteiger partial charge in [0.1, 0.15) is 128 Å². The molecule has 7 aliphatic heterocycles. The molecule has 7 fully saturated rings. The number of hydrogen-bond donors (Lipinski definition) is 21. The fraction of sp³-hybridized carbons (Fsp3) is 0.860. The molecule has 0 aromatic rings. The first-order valence-electron chi connectivity index (χ1n) is 28.4. The molecule has 0 saturated carbocycles. The number of aliphatic hydroxyl groups is 13. The number of ether oxygens (including phenoxy) is 9. The van der Waals surface area contributed by atoms with Crippen molar-refractivity contribution >= 4 is 53.3 Å². The lowest BCUT2D eigenvalue weighted by Gasteiger charge is -2.51. The topological polar surface area (TPSA) is 570 Å². The third kappa shape index (κ3) is 16.8. The number of aliphatic hydroxyl groups excluding tert-OH is 13. The Balaban J connectivity index is 1.03. The second kappa shape index (κ2) is 31.7. The van der Waals surface area contributed by atoms with Crippen LogP contribution in [0.1, 0.15) is 52.9 Å². The van der Waals surface area contributed by atoms with E-state index in [9.17, 15) is 105 Å². The van der Waals surface area contributed by atoms with Crippen molar-refractivity contribution in [3.05, 3.63) is 0 Å². The van der Waals surface area contributed by atoms with Crippen molar-refractivity contribution < 1.29 is 148 Å². The summed E-state index contributed by atoms with van der Waals surface area (Å²) in [5.74, 6) is -5.05. The Hall–Kier alpha value is -4.44. The molecule has 0 bridgehead atoms. The van der Waals surface area contributed by atoms with Gasteiger partial charge in [0, 0.05) is 38.2 Å². The maximum Gasteiger partial charge on any atom is 0.326 e. The Morgan fingerprint density at radius 2 is 1.00 bits per heavy atom. The molecular weight excluding hydrogens is 1210 g/mol. The molecule has 21 N–H and O–H groups in total. The van der Waals surface area contributed by atoms with Crippen LogP contribution >= 0.6 is 11.8 Å². The number of hydrogen-bond acceptors (Lipinski definition) is 30. The van der Waals surface area contributed by atoms with Gasteiger partial charge in [0.25, 0.3) is 0 Å². The highest BCUT2D eigenvalue weighted by Crippen LogP contribution is 2.37. The van der Waals surface area contributed by atoms with Crippen LogP contribution in [-0.2, 0) is 71.4 Å². The molecule has 0 aromatic carbocycles. The number of carboxylic acid groups (broad SMARTS) is 1. The second-order valence-corrected chi connectivity index (χ2v) is 23.6. The Kier molecular flexibility index (Phi) is 25.6. The van der Waals surface area contributed by atoms with E-state index in [1.165, 1.54) is 0 Å². The summed E-state index contributed by atoms with van der Waals surface area (Å²) in [6.45, 7) is -1.99. The zero-order valence-corrected chi connectivity index (χ0v) is 48.5. The molecule has 15 unspecified atom stereocenters. The molecule has 7 amide bonds. The van der Waals surface area contributed by atoms with Gasteiger partial charge in [-0.15, -0.1) is 0 Å². The molecule has 7 heterocycles. The van der Waals surface area contributed by atoms with Crippen LogP contribution < -0.4 is 37.2 Å². The molecule has 7 saturated heterocycles. The third-order valence-electron chi connectivity index (χ3n) is 16.0. The molecule has 29 atom stereocenters. The van der Waals surface area contributed by atoms with Crippen LogP contribution in [-0.4, -0.2) is 328 Å². The third-order valence-corrected chi connectivity index (χ3v) is 17.5. The first-order chi connectivity index (χ1) is 41.7. The van der Waals surface area contributed by atoms with Gasteiger partial charge >= 0.3 is 12.0 Å². The van der Waals surface area contributed by atoms with Crippen LogP contribution in [0, 0.1) is 0 Å². The lowest BCUT2D eigenvalue weighted by Crippen LogP contribution is -2.71. The Morgan fingerprint density at radius 3 is 1.58 bits per heavy atom. The summed E-state index contributed by atoms with van der Waals surface area (Å²) in [4.78, 5) is 87.9. The van der Waals surface area contributed by atoms with Crippen LogP contribution in [0.15, 0.2) is 0 Å². The van der Waals surface area contributed by atoms with E-state index >= 15 is 0 Å². The maximum atomic E-state index is 13.5. The number of unbranched alkanes of at least 4 members (excludes halogenated alkanes) is 1. The number of fused-ring (bicyclic) bond motifs is 1. The highest BCUT2D eigenvalue weighted by Gasteiger charge is 2.58. The van der Waals surface area contributed by atoms with E-state index in [2.05, 4.69) is 37.2 Å². The fourth-order valence-electron chi connectivity index (χ4n) is 11.5. The lowest BCUT2D eigenvalue weighted by atomic mass is 9.93. The number of thioether (sulfide) groups is 1. The largest absolute Gasteiger partial charge is 0.480 e. The molecule has 37 nitrogen and oxygen atoms in total. The molecule has 502 valence electrons. The van der Waals surface area contributed by atoms with Crippen LogP contribution in [0.25, 0.3) is 0 Å². The monoisotopic (exact) mass is 1290 g/mol. The minimum atomic E-state index is -2.27. The zero-order valence-electron chi connectivity index (χ0n) is 47.7. The molecule has 0 aromatic heterocycles. The number of aliphatic carboxylic acids is 1. The van der Waals surface area contributed by atoms with Crippen LogP contribution in [0.4, 0.5) is 4.79 Å². The predicted octanol–water partition coefficient (Wildman–Crippen LogP) is -11.7. The van der Waals surface area contributed by atoms with E-state index in [-0.39, 0.29) is 29.8 Å². The van der Waals surface area contributed by atoms with E-state index < -0.39 is 234 Å². The van der Waals surface area contributed by atoms with Gasteiger partial charge in [0.15, 0.2) is 31.4 Å². The summed E-state index contributed by atoms with van der Waals surface area (Å²) in [7, 11) is 0. The summed E-state index contributed by atoms with van der Waals surface area (Å²) >= 11 is 1.69. The molecular formula is C50H81N7O30S. The van der Waals surface area contributed by atoms with Gasteiger partial charge in [-0.2, -0.15) is 11.8 Å². The fourth-order valence-corrected chi connectivity index (χ4v) is 13.1. The highest BCUT2D eigenvalue weighted by atomic mass is 32.2. The van der Waals surface area contributed by atoms with Crippen molar-refractivity contribution in [2.45, 2.75) is 230 Å². The highest BCUT2D eigenvalue weighted by molar-refractivity contribution is 8.00. The SMILES string of the molecule is CC(=O)NC1[C@H](O[C@H]2C(CO)O[C@@H](NC(=O)CC(NC(=O)CCCCC3SCC4NC(=O)NC43)C(=O)O)C(NC(C)=O)[C@H]2O)OC(CO)[C@H](O[C@@H]2OC(CO)[C@H](O)[C@H](O[C@@H]3OC(CO)[C@H](O)C(O)C3O[C@@H]3OC(CO)[C@H](O)C(O)[C@H]3NC(C)=O)C2O)[C@@H]1O. The smallest absolute Gasteiger partial charge is 0.326 e. The van der Waals surface area contributed by atoms with E-state index in [0.717, 1.165) is 26.5 Å². The minimum absolute atomic E-state index is 0.00891. The van der Waals surface area contributed by atoms with Gasteiger partial charge < -0.3 is 151 Å². The van der Waals surface area contributed by atoms with Crippen molar-refractivity contribution in [1.82, 2.24) is 37.2 Å². The van der Waals surface area contributed by atoms with Gasteiger partial charge in [-0.25, -0.2) is 9.59 Å². The normalized spacial score (nSPS) is 42.0. The van der Waals surface area contributed by atoms with E-state index in [1.807, 2.05) is 0 Å². The van der Waals surface area contributed by atoms with Crippen molar-refractivity contribution in [2.75, 3.05) is 38.8 Å².